The fraction of sp³-hybridized carbons (Fsp3) is 0.0435. The van der Waals surface area contributed by atoms with Gasteiger partial charge in [0, 0.05) is 17.7 Å². The molecule has 0 aromatic heterocycles. The van der Waals surface area contributed by atoms with Gasteiger partial charge in [0.25, 0.3) is 5.69 Å². The van der Waals surface area contributed by atoms with Crippen molar-refractivity contribution in [2.75, 3.05) is 0 Å². The summed E-state index contributed by atoms with van der Waals surface area (Å²) in [5.74, 6) is -0.427. The van der Waals surface area contributed by atoms with Gasteiger partial charge in [-0.2, -0.15) is 0 Å². The smallest absolute Gasteiger partial charge is 0.363 e. The summed E-state index contributed by atoms with van der Waals surface area (Å²) >= 11 is 6.90. The van der Waals surface area contributed by atoms with Gasteiger partial charge in [-0.3, -0.25) is 10.1 Å². The molecule has 33 heavy (non-hydrogen) atoms. The molecule has 0 atom stereocenters. The number of aliphatic imine (C=N–C) groups is 1. The fourth-order valence-electron chi connectivity index (χ4n) is 3.00. The van der Waals surface area contributed by atoms with E-state index in [0.717, 1.165) is 0 Å². The summed E-state index contributed by atoms with van der Waals surface area (Å²) < 4.78 is 25.3. The molecular formula is C23H13Br2FN2O5. The van der Waals surface area contributed by atoms with Gasteiger partial charge in [-0.25, -0.2) is 14.2 Å². The molecule has 0 aliphatic carbocycles. The van der Waals surface area contributed by atoms with Crippen LogP contribution in [0.2, 0.25) is 0 Å². The summed E-state index contributed by atoms with van der Waals surface area (Å²) in [5, 5.41) is 10.9. The first-order chi connectivity index (χ1) is 15.8. The van der Waals surface area contributed by atoms with Crippen LogP contribution in [0.3, 0.4) is 0 Å². The van der Waals surface area contributed by atoms with Gasteiger partial charge < -0.3 is 9.47 Å². The quantitative estimate of drug-likeness (QED) is 0.151. The second kappa shape index (κ2) is 9.63. The summed E-state index contributed by atoms with van der Waals surface area (Å²) in [5.41, 5.74) is 1.86. The first-order valence-corrected chi connectivity index (χ1v) is 11.0. The van der Waals surface area contributed by atoms with Crippen LogP contribution in [0.5, 0.6) is 5.75 Å². The van der Waals surface area contributed by atoms with Gasteiger partial charge in [0.15, 0.2) is 5.70 Å². The second-order valence-electron chi connectivity index (χ2n) is 6.87. The van der Waals surface area contributed by atoms with E-state index in [9.17, 15) is 19.3 Å². The third-order valence-corrected chi connectivity index (χ3v) is 5.72. The van der Waals surface area contributed by atoms with Crippen LogP contribution in [0.4, 0.5) is 10.1 Å². The molecule has 4 rings (SSSR count). The van der Waals surface area contributed by atoms with E-state index >= 15 is 0 Å². The number of benzene rings is 3. The van der Waals surface area contributed by atoms with E-state index in [1.165, 1.54) is 36.4 Å². The molecule has 1 heterocycles. The number of carbonyl (C=O) groups excluding carboxylic acids is 1. The zero-order valence-corrected chi connectivity index (χ0v) is 19.8. The van der Waals surface area contributed by atoms with Crippen LogP contribution < -0.4 is 4.74 Å². The summed E-state index contributed by atoms with van der Waals surface area (Å²) in [6, 6.07) is 15.1. The third kappa shape index (κ3) is 5.35. The molecule has 0 fully saturated rings. The number of esters is 1. The summed E-state index contributed by atoms with van der Waals surface area (Å²) in [6.07, 6.45) is 1.55. The van der Waals surface area contributed by atoms with Crippen LogP contribution in [0, 0.1) is 15.9 Å². The Hall–Kier alpha value is -3.37. The standard InChI is InChI=1S/C23H13Br2FN2O5/c24-18-9-14(11-20-23(29)33-22(27-20)15-4-6-16(26)7-5-15)10-19(25)21(18)32-12-13-2-1-3-17(8-13)28(30)31/h1-11H,12H2/b20-11-. The molecule has 10 heteroatoms. The average Bonchev–Trinajstić information content (AvgIpc) is 3.14. The predicted molar refractivity (Wildman–Crippen MR) is 126 cm³/mol. The molecule has 7 nitrogen and oxygen atoms in total. The molecule has 0 spiro atoms. The summed E-state index contributed by atoms with van der Waals surface area (Å²) in [7, 11) is 0. The molecule has 0 bridgehead atoms. The minimum Gasteiger partial charge on any atom is -0.487 e. The number of carbonyl (C=O) groups is 1. The van der Waals surface area contributed by atoms with E-state index in [2.05, 4.69) is 36.9 Å². The molecule has 3 aromatic rings. The number of halogens is 3. The molecule has 0 saturated carbocycles. The maximum atomic E-state index is 13.1. The molecule has 0 amide bonds. The van der Waals surface area contributed by atoms with Crippen molar-refractivity contribution < 1.29 is 23.6 Å². The zero-order chi connectivity index (χ0) is 23.5. The van der Waals surface area contributed by atoms with Crippen LogP contribution in [0.15, 0.2) is 80.3 Å². The lowest BCUT2D eigenvalue weighted by Crippen LogP contribution is -2.05. The molecule has 0 unspecified atom stereocenters. The monoisotopic (exact) mass is 574 g/mol. The number of hydrogen-bond acceptors (Lipinski definition) is 6. The highest BCUT2D eigenvalue weighted by molar-refractivity contribution is 9.11. The molecule has 3 aromatic carbocycles. The molecule has 1 aliphatic heterocycles. The fourth-order valence-corrected chi connectivity index (χ4v) is 4.45. The van der Waals surface area contributed by atoms with Gasteiger partial charge in [0.2, 0.25) is 5.90 Å². The van der Waals surface area contributed by atoms with Crippen molar-refractivity contribution in [3.8, 4) is 5.75 Å². The topological polar surface area (TPSA) is 91.0 Å². The number of cyclic esters (lactones) is 1. The molecule has 0 radical (unpaired) electrons. The SMILES string of the molecule is O=C1OC(c2ccc(F)cc2)=N/C1=C\c1cc(Br)c(OCc2cccc([N+](=O)[O-])c2)c(Br)c1. The number of hydrogen-bond donors (Lipinski definition) is 0. The Bertz CT molecular complexity index is 1300. The van der Waals surface area contributed by atoms with Gasteiger partial charge in [0.05, 0.1) is 13.9 Å². The van der Waals surface area contributed by atoms with E-state index in [4.69, 9.17) is 9.47 Å². The molecular weight excluding hydrogens is 563 g/mol. The maximum absolute atomic E-state index is 13.1. The van der Waals surface area contributed by atoms with Gasteiger partial charge in [0.1, 0.15) is 18.2 Å². The molecule has 1 aliphatic rings. The van der Waals surface area contributed by atoms with Crippen LogP contribution in [-0.4, -0.2) is 16.8 Å². The number of rotatable bonds is 6. The van der Waals surface area contributed by atoms with E-state index in [-0.39, 0.29) is 23.9 Å². The predicted octanol–water partition coefficient (Wildman–Crippen LogP) is 6.18. The van der Waals surface area contributed by atoms with Crippen molar-refractivity contribution in [1.29, 1.82) is 0 Å². The van der Waals surface area contributed by atoms with Crippen molar-refractivity contribution in [2.24, 2.45) is 4.99 Å². The van der Waals surface area contributed by atoms with Gasteiger partial charge in [-0.15, -0.1) is 0 Å². The molecule has 166 valence electrons. The Kier molecular flexibility index (Phi) is 6.66. The first-order valence-electron chi connectivity index (χ1n) is 9.44. The number of non-ortho nitro benzene ring substituents is 1. The minimum absolute atomic E-state index is 0.0137. The lowest BCUT2D eigenvalue weighted by Gasteiger charge is -2.11. The van der Waals surface area contributed by atoms with Crippen LogP contribution in [0.25, 0.3) is 6.08 Å². The van der Waals surface area contributed by atoms with Crippen molar-refractivity contribution in [3.63, 3.8) is 0 Å². The lowest BCUT2D eigenvalue weighted by atomic mass is 10.2. The summed E-state index contributed by atoms with van der Waals surface area (Å²) in [6.45, 7) is 0.122. The van der Waals surface area contributed by atoms with Crippen molar-refractivity contribution in [2.45, 2.75) is 6.61 Å². The Morgan fingerprint density at radius 2 is 1.79 bits per heavy atom. The minimum atomic E-state index is -0.618. The average molecular weight is 576 g/mol. The Morgan fingerprint density at radius 3 is 2.45 bits per heavy atom. The van der Waals surface area contributed by atoms with Gasteiger partial charge in [-0.05, 0) is 85.5 Å². The van der Waals surface area contributed by atoms with E-state index in [1.54, 1.807) is 30.3 Å². The normalized spacial score (nSPS) is 14.2. The Labute approximate surface area is 204 Å². The van der Waals surface area contributed by atoms with Crippen molar-refractivity contribution >= 4 is 55.5 Å². The van der Waals surface area contributed by atoms with Gasteiger partial charge >= 0.3 is 5.97 Å². The van der Waals surface area contributed by atoms with E-state index in [0.29, 0.717) is 31.4 Å². The number of nitro benzene ring substituents is 1. The highest BCUT2D eigenvalue weighted by Gasteiger charge is 2.24. The van der Waals surface area contributed by atoms with Crippen LogP contribution >= 0.6 is 31.9 Å². The zero-order valence-electron chi connectivity index (χ0n) is 16.6. The number of ether oxygens (including phenoxy) is 2. The molecule has 0 saturated heterocycles. The van der Waals surface area contributed by atoms with Gasteiger partial charge in [-0.1, -0.05) is 12.1 Å². The van der Waals surface area contributed by atoms with Crippen LogP contribution in [-0.2, 0) is 16.1 Å². The van der Waals surface area contributed by atoms with Crippen LogP contribution in [0.1, 0.15) is 16.7 Å². The lowest BCUT2D eigenvalue weighted by molar-refractivity contribution is -0.384. The van der Waals surface area contributed by atoms with E-state index in [1.807, 2.05) is 0 Å². The Balaban J connectivity index is 1.54. The summed E-state index contributed by atoms with van der Waals surface area (Å²) in [4.78, 5) is 26.9. The highest BCUT2D eigenvalue weighted by atomic mass is 79.9. The second-order valence-corrected chi connectivity index (χ2v) is 8.58. The Morgan fingerprint density at radius 1 is 1.09 bits per heavy atom. The maximum Gasteiger partial charge on any atom is 0.363 e. The largest absolute Gasteiger partial charge is 0.487 e. The van der Waals surface area contributed by atoms with Crippen molar-refractivity contribution in [1.82, 2.24) is 0 Å². The third-order valence-electron chi connectivity index (χ3n) is 4.54. The first kappa shape index (κ1) is 22.8. The number of nitrogens with zero attached hydrogens (tertiary/aromatic N) is 2. The van der Waals surface area contributed by atoms with Crippen molar-refractivity contribution in [3.05, 3.63) is 108 Å². The highest BCUT2D eigenvalue weighted by Crippen LogP contribution is 2.36. The number of nitro groups is 1. The molecule has 0 N–H and O–H groups in total. The van der Waals surface area contributed by atoms with E-state index < -0.39 is 16.7 Å².